The largest absolute Gasteiger partial charge is 0.315 e. The van der Waals surface area contributed by atoms with Gasteiger partial charge in [0.15, 0.2) is 0 Å². The maximum Gasteiger partial charge on any atom is 0.0185 e. The highest BCUT2D eigenvalue weighted by Gasteiger charge is 1.98. The Morgan fingerprint density at radius 1 is 0.800 bits per heavy atom. The van der Waals surface area contributed by atoms with E-state index in [0.717, 1.165) is 24.6 Å². The van der Waals surface area contributed by atoms with Crippen LogP contribution in [0.2, 0.25) is 0 Å². The average molecular weight is 239 g/mol. The number of benzene rings is 1. The summed E-state index contributed by atoms with van der Waals surface area (Å²) in [5.41, 5.74) is 2.90. The van der Waals surface area contributed by atoms with Crippen molar-refractivity contribution >= 4 is 23.5 Å². The summed E-state index contributed by atoms with van der Waals surface area (Å²) in [7, 11) is 0. The molecule has 3 heteroatoms. The molecule has 2 aliphatic rings. The van der Waals surface area contributed by atoms with E-state index in [1.165, 1.54) is 22.6 Å². The lowest BCUT2D eigenvalue weighted by atomic mass is 10.2. The zero-order chi connectivity index (χ0) is 10.3. The molecule has 0 aromatic heterocycles. The van der Waals surface area contributed by atoms with Crippen LogP contribution >= 0.6 is 23.5 Å². The topological polar surface area (TPSA) is 12.0 Å². The third kappa shape index (κ3) is 4.09. The maximum atomic E-state index is 3.47. The van der Waals surface area contributed by atoms with Crippen LogP contribution in [0.5, 0.6) is 0 Å². The molecule has 0 fully saturated rings. The van der Waals surface area contributed by atoms with E-state index in [1.807, 2.05) is 23.5 Å². The summed E-state index contributed by atoms with van der Waals surface area (Å²) in [6.07, 6.45) is 0. The molecule has 2 bridgehead atoms. The number of hydrogen-bond acceptors (Lipinski definition) is 3. The monoisotopic (exact) mass is 239 g/mol. The zero-order valence-corrected chi connectivity index (χ0v) is 10.5. The van der Waals surface area contributed by atoms with Crippen molar-refractivity contribution in [1.29, 1.82) is 0 Å². The Hall–Kier alpha value is -0.120. The summed E-state index contributed by atoms with van der Waals surface area (Å²) in [5.74, 6) is 4.73. The molecule has 1 aromatic carbocycles. The van der Waals surface area contributed by atoms with E-state index < -0.39 is 0 Å². The highest BCUT2D eigenvalue weighted by Crippen LogP contribution is 2.16. The van der Waals surface area contributed by atoms with Gasteiger partial charge in [0.25, 0.3) is 0 Å². The molecule has 0 atom stereocenters. The highest BCUT2D eigenvalue weighted by molar-refractivity contribution is 7.98. The summed E-state index contributed by atoms with van der Waals surface area (Å²) in [6, 6.07) is 9.09. The number of thioether (sulfide) groups is 2. The van der Waals surface area contributed by atoms with E-state index in [2.05, 4.69) is 29.6 Å². The molecule has 1 N–H and O–H groups in total. The highest BCUT2D eigenvalue weighted by atomic mass is 32.2. The molecule has 1 nitrogen and oxygen atoms in total. The van der Waals surface area contributed by atoms with Crippen molar-refractivity contribution in [3.8, 4) is 0 Å². The van der Waals surface area contributed by atoms with Gasteiger partial charge >= 0.3 is 0 Å². The van der Waals surface area contributed by atoms with Gasteiger partial charge in [0.05, 0.1) is 0 Å². The molecule has 15 heavy (non-hydrogen) atoms. The first-order valence-corrected chi connectivity index (χ1v) is 7.70. The van der Waals surface area contributed by atoms with Gasteiger partial charge in [-0.3, -0.25) is 0 Å². The normalized spacial score (nSPS) is 18.9. The molecule has 0 spiro atoms. The standard InChI is InChI=1S/C12H17NS2/c1-2-12-4-3-11(1)9-14-7-5-13-6-8-15-10-12/h1-4,13H,5-10H2. The SMILES string of the molecule is c1cc2ccc1CSCCNCCSC2. The summed E-state index contributed by atoms with van der Waals surface area (Å²) < 4.78 is 0. The summed E-state index contributed by atoms with van der Waals surface area (Å²) >= 11 is 4.03. The quantitative estimate of drug-likeness (QED) is 0.748. The lowest BCUT2D eigenvalue weighted by molar-refractivity contribution is 0.774. The van der Waals surface area contributed by atoms with Crippen molar-refractivity contribution in [1.82, 2.24) is 5.32 Å². The third-order valence-electron chi connectivity index (χ3n) is 2.41. The molecule has 0 saturated heterocycles. The van der Waals surface area contributed by atoms with Crippen LogP contribution < -0.4 is 5.32 Å². The molecule has 0 unspecified atom stereocenters. The van der Waals surface area contributed by atoms with Crippen LogP contribution in [0.3, 0.4) is 0 Å². The van der Waals surface area contributed by atoms with Crippen LogP contribution in [0, 0.1) is 0 Å². The average Bonchev–Trinajstić information content (AvgIpc) is 2.31. The van der Waals surface area contributed by atoms with Gasteiger partial charge < -0.3 is 5.32 Å². The van der Waals surface area contributed by atoms with Crippen LogP contribution in [0.25, 0.3) is 0 Å². The van der Waals surface area contributed by atoms with Crippen molar-refractivity contribution in [2.24, 2.45) is 0 Å². The fourth-order valence-electron chi connectivity index (χ4n) is 1.53. The third-order valence-corrected chi connectivity index (χ3v) is 4.47. The van der Waals surface area contributed by atoms with Gasteiger partial charge in [-0.2, -0.15) is 23.5 Å². The van der Waals surface area contributed by atoms with Gasteiger partial charge in [0, 0.05) is 36.1 Å². The van der Waals surface area contributed by atoms with E-state index in [0.29, 0.717) is 0 Å². The van der Waals surface area contributed by atoms with E-state index in [-0.39, 0.29) is 0 Å². The van der Waals surface area contributed by atoms with Gasteiger partial charge in [-0.05, 0) is 11.1 Å². The molecule has 1 aromatic rings. The van der Waals surface area contributed by atoms with Gasteiger partial charge in [0.1, 0.15) is 0 Å². The lowest BCUT2D eigenvalue weighted by Crippen LogP contribution is -2.20. The molecule has 0 saturated carbocycles. The predicted octanol–water partition coefficient (Wildman–Crippen LogP) is 2.76. The Morgan fingerprint density at radius 2 is 1.27 bits per heavy atom. The summed E-state index contributed by atoms with van der Waals surface area (Å²) in [5, 5.41) is 3.47. The van der Waals surface area contributed by atoms with Gasteiger partial charge in [0.2, 0.25) is 0 Å². The van der Waals surface area contributed by atoms with Crippen LogP contribution in [0.1, 0.15) is 11.1 Å². The van der Waals surface area contributed by atoms with Gasteiger partial charge in [-0.15, -0.1) is 0 Å². The lowest BCUT2D eigenvalue weighted by Gasteiger charge is -2.03. The minimum atomic E-state index is 1.14. The first kappa shape index (κ1) is 11.4. The molecular formula is C12H17NS2. The minimum Gasteiger partial charge on any atom is -0.315 e. The van der Waals surface area contributed by atoms with Crippen LogP contribution in [-0.4, -0.2) is 24.6 Å². The second-order valence-electron chi connectivity index (χ2n) is 3.67. The molecule has 2 aliphatic heterocycles. The fourth-order valence-corrected chi connectivity index (χ4v) is 3.25. The van der Waals surface area contributed by atoms with Crippen LogP contribution in [-0.2, 0) is 11.5 Å². The van der Waals surface area contributed by atoms with E-state index in [9.17, 15) is 0 Å². The van der Waals surface area contributed by atoms with Crippen molar-refractivity contribution in [2.45, 2.75) is 11.5 Å². The Bertz CT molecular complexity index is 255. The van der Waals surface area contributed by atoms with Crippen molar-refractivity contribution < 1.29 is 0 Å². The molecule has 0 amide bonds. The van der Waals surface area contributed by atoms with Gasteiger partial charge in [-0.25, -0.2) is 0 Å². The first-order valence-electron chi connectivity index (χ1n) is 5.39. The molecule has 0 aliphatic carbocycles. The Morgan fingerprint density at radius 3 is 1.73 bits per heavy atom. The van der Waals surface area contributed by atoms with E-state index >= 15 is 0 Å². The minimum absolute atomic E-state index is 1.14. The predicted molar refractivity (Wildman–Crippen MR) is 71.6 cm³/mol. The van der Waals surface area contributed by atoms with Crippen LogP contribution in [0.4, 0.5) is 0 Å². The number of hydrogen-bond donors (Lipinski definition) is 1. The van der Waals surface area contributed by atoms with E-state index in [4.69, 9.17) is 0 Å². The fraction of sp³-hybridized carbons (Fsp3) is 0.500. The molecular weight excluding hydrogens is 222 g/mol. The molecule has 2 heterocycles. The van der Waals surface area contributed by atoms with Crippen molar-refractivity contribution in [3.05, 3.63) is 35.4 Å². The van der Waals surface area contributed by atoms with Gasteiger partial charge in [-0.1, -0.05) is 24.3 Å². The van der Waals surface area contributed by atoms with Crippen molar-refractivity contribution in [2.75, 3.05) is 24.6 Å². The molecule has 3 rings (SSSR count). The number of fused-ring (bicyclic) bond motifs is 10. The second-order valence-corrected chi connectivity index (χ2v) is 5.88. The van der Waals surface area contributed by atoms with Crippen LogP contribution in [0.15, 0.2) is 24.3 Å². The van der Waals surface area contributed by atoms with E-state index in [1.54, 1.807) is 0 Å². The summed E-state index contributed by atoms with van der Waals surface area (Å²) in [6.45, 7) is 2.28. The smallest absolute Gasteiger partial charge is 0.0185 e. The molecule has 82 valence electrons. The molecule has 0 radical (unpaired) electrons. The number of nitrogens with one attached hydrogen (secondary N) is 1. The second kappa shape index (κ2) is 6.46. The Kier molecular flexibility index (Phi) is 4.90. The Balaban J connectivity index is 1.97. The number of rotatable bonds is 0. The van der Waals surface area contributed by atoms with Crippen molar-refractivity contribution in [3.63, 3.8) is 0 Å². The zero-order valence-electron chi connectivity index (χ0n) is 8.87. The maximum absolute atomic E-state index is 3.47. The first-order chi connectivity index (χ1) is 7.45. The Labute approximate surface area is 100 Å². The summed E-state index contributed by atoms with van der Waals surface area (Å²) in [4.78, 5) is 0.